The van der Waals surface area contributed by atoms with Crippen LogP contribution in [0.15, 0.2) is 36.4 Å². The van der Waals surface area contributed by atoms with Crippen molar-refractivity contribution in [2.75, 3.05) is 19.7 Å². The normalized spacial score (nSPS) is 17.9. The van der Waals surface area contributed by atoms with Crippen molar-refractivity contribution in [1.82, 2.24) is 24.4 Å². The van der Waals surface area contributed by atoms with E-state index in [4.69, 9.17) is 24.7 Å². The molecule has 12 heteroatoms. The van der Waals surface area contributed by atoms with Gasteiger partial charge in [-0.1, -0.05) is 23.5 Å². The number of carbonyl (C=O) groups is 1. The Balaban J connectivity index is 1.08. The largest absolute Gasteiger partial charge is 0.476 e. The van der Waals surface area contributed by atoms with Crippen LogP contribution in [0.4, 0.5) is 4.39 Å². The molecule has 1 atom stereocenters. The first kappa shape index (κ1) is 26.3. The highest BCUT2D eigenvalue weighted by atomic mass is 32.1. The van der Waals surface area contributed by atoms with Crippen LogP contribution in [0.1, 0.15) is 57.6 Å². The van der Waals surface area contributed by atoms with Crippen molar-refractivity contribution in [2.45, 2.75) is 51.0 Å². The molecule has 2 aliphatic rings. The fraction of sp³-hybridized carbons (Fsp3) is 0.393. The molecule has 10 nitrogen and oxygen atoms in total. The van der Waals surface area contributed by atoms with E-state index in [1.807, 2.05) is 22.8 Å². The zero-order valence-corrected chi connectivity index (χ0v) is 22.4. The molecule has 2 saturated heterocycles. The maximum Gasteiger partial charge on any atom is 0.365 e. The number of piperidine rings is 1. The number of thiazole rings is 1. The lowest BCUT2D eigenvalue weighted by Gasteiger charge is -2.32. The molecule has 0 radical (unpaired) electrons. The van der Waals surface area contributed by atoms with Crippen molar-refractivity contribution in [3.8, 4) is 11.9 Å². The first-order chi connectivity index (χ1) is 19.5. The Hall–Kier alpha value is -3.92. The molecule has 0 bridgehead atoms. The Kier molecular flexibility index (Phi) is 7.42. The predicted molar refractivity (Wildman–Crippen MR) is 144 cm³/mol. The van der Waals surface area contributed by atoms with E-state index < -0.39 is 11.8 Å². The maximum absolute atomic E-state index is 14.2. The molecule has 4 aromatic rings. The SMILES string of the molecule is N#Cc1ccc(COc2cccc(C3CCN(Cc4nc5sc(C(=O)O)nc5n4CC4CCO4)CC3)n2)c(F)c1. The summed E-state index contributed by atoms with van der Waals surface area (Å²) in [5.74, 6) is 0.0854. The third-order valence-electron chi connectivity index (χ3n) is 7.43. The smallest absolute Gasteiger partial charge is 0.365 e. The molecule has 3 aromatic heterocycles. The topological polar surface area (TPSA) is 126 Å². The van der Waals surface area contributed by atoms with E-state index >= 15 is 0 Å². The van der Waals surface area contributed by atoms with E-state index in [-0.39, 0.29) is 29.2 Å². The Morgan fingerprint density at radius 1 is 1.20 bits per heavy atom. The van der Waals surface area contributed by atoms with E-state index in [9.17, 15) is 14.3 Å². The number of carboxylic acids is 1. The number of ether oxygens (including phenoxy) is 2. The van der Waals surface area contributed by atoms with Gasteiger partial charge in [0.1, 0.15) is 18.2 Å². The van der Waals surface area contributed by atoms with Gasteiger partial charge in [-0.25, -0.2) is 24.1 Å². The van der Waals surface area contributed by atoms with Crippen LogP contribution in [0, 0.1) is 17.1 Å². The monoisotopic (exact) mass is 562 g/mol. The van der Waals surface area contributed by atoms with Crippen LogP contribution in [0.3, 0.4) is 0 Å². The Morgan fingerprint density at radius 2 is 2.02 bits per heavy atom. The summed E-state index contributed by atoms with van der Waals surface area (Å²) < 4.78 is 27.6. The van der Waals surface area contributed by atoms with Crippen molar-refractivity contribution in [3.63, 3.8) is 0 Å². The number of nitrogens with zero attached hydrogens (tertiary/aromatic N) is 6. The first-order valence-electron chi connectivity index (χ1n) is 13.2. The minimum Gasteiger partial charge on any atom is -0.476 e. The predicted octanol–water partition coefficient (Wildman–Crippen LogP) is 4.34. The number of aromatic carboxylic acids is 1. The molecular formula is C28H27FN6O4S. The van der Waals surface area contributed by atoms with Gasteiger partial charge < -0.3 is 19.1 Å². The van der Waals surface area contributed by atoms with Gasteiger partial charge in [-0.2, -0.15) is 5.26 Å². The van der Waals surface area contributed by atoms with Gasteiger partial charge in [-0.05, 0) is 50.6 Å². The summed E-state index contributed by atoms with van der Waals surface area (Å²) in [4.78, 5) is 28.2. The number of benzene rings is 1. The molecule has 0 saturated carbocycles. The number of hydrogen-bond acceptors (Lipinski definition) is 9. The third-order valence-corrected chi connectivity index (χ3v) is 8.35. The first-order valence-corrected chi connectivity index (χ1v) is 14.0. The number of pyridine rings is 1. The second-order valence-electron chi connectivity index (χ2n) is 10.0. The molecule has 2 aliphatic heterocycles. The average Bonchev–Trinajstić information content (AvgIpc) is 3.49. The number of fused-ring (bicyclic) bond motifs is 1. The number of aromatic nitrogens is 4. The fourth-order valence-corrected chi connectivity index (χ4v) is 5.90. The number of carboxylic acid groups (broad SMARTS) is 1. The second kappa shape index (κ2) is 11.3. The lowest BCUT2D eigenvalue weighted by Crippen LogP contribution is -2.35. The summed E-state index contributed by atoms with van der Waals surface area (Å²) >= 11 is 1.10. The van der Waals surface area contributed by atoms with E-state index in [1.165, 1.54) is 6.07 Å². The zero-order chi connectivity index (χ0) is 27.6. The van der Waals surface area contributed by atoms with Crippen LogP contribution in [0.2, 0.25) is 0 Å². The molecule has 0 aliphatic carbocycles. The molecule has 1 aromatic carbocycles. The Bertz CT molecular complexity index is 1590. The summed E-state index contributed by atoms with van der Waals surface area (Å²) in [6, 6.07) is 11.9. The number of hydrogen-bond donors (Lipinski definition) is 1. The highest BCUT2D eigenvalue weighted by Gasteiger charge is 2.27. The third kappa shape index (κ3) is 5.54. The summed E-state index contributed by atoms with van der Waals surface area (Å²) in [5.41, 5.74) is 2.21. The van der Waals surface area contributed by atoms with Crippen LogP contribution in [-0.2, 0) is 24.4 Å². The summed E-state index contributed by atoms with van der Waals surface area (Å²) in [6.45, 7) is 3.77. The zero-order valence-electron chi connectivity index (χ0n) is 21.6. The lowest BCUT2D eigenvalue weighted by molar-refractivity contribution is -0.0592. The van der Waals surface area contributed by atoms with E-state index in [0.29, 0.717) is 35.0 Å². The van der Waals surface area contributed by atoms with Crippen molar-refractivity contribution in [3.05, 3.63) is 69.9 Å². The highest BCUT2D eigenvalue weighted by molar-refractivity contribution is 7.19. The summed E-state index contributed by atoms with van der Waals surface area (Å²) in [5, 5.41) is 18.3. The molecule has 1 N–H and O–H groups in total. The van der Waals surface area contributed by atoms with Crippen LogP contribution >= 0.6 is 11.3 Å². The minimum absolute atomic E-state index is 0.0330. The Labute approximate surface area is 233 Å². The van der Waals surface area contributed by atoms with E-state index in [1.54, 1.807) is 18.2 Å². The summed E-state index contributed by atoms with van der Waals surface area (Å²) in [7, 11) is 0. The number of rotatable bonds is 9. The van der Waals surface area contributed by atoms with Gasteiger partial charge in [0, 0.05) is 29.8 Å². The fourth-order valence-electron chi connectivity index (χ4n) is 5.10. The number of likely N-dealkylation sites (tertiary alicyclic amines) is 1. The lowest BCUT2D eigenvalue weighted by atomic mass is 9.93. The van der Waals surface area contributed by atoms with Gasteiger partial charge in [-0.15, -0.1) is 0 Å². The molecule has 0 spiro atoms. The van der Waals surface area contributed by atoms with Crippen LogP contribution in [-0.4, -0.2) is 61.3 Å². The molecular weight excluding hydrogens is 535 g/mol. The van der Waals surface area contributed by atoms with Crippen LogP contribution in [0.25, 0.3) is 10.5 Å². The Morgan fingerprint density at radius 3 is 2.73 bits per heavy atom. The molecule has 5 heterocycles. The minimum atomic E-state index is -1.04. The van der Waals surface area contributed by atoms with E-state index in [0.717, 1.165) is 61.8 Å². The van der Waals surface area contributed by atoms with Crippen molar-refractivity contribution < 1.29 is 23.8 Å². The maximum atomic E-state index is 14.2. The molecule has 2 fully saturated rings. The number of nitriles is 1. The highest BCUT2D eigenvalue weighted by Crippen LogP contribution is 2.30. The van der Waals surface area contributed by atoms with Crippen LogP contribution < -0.4 is 4.74 Å². The van der Waals surface area contributed by atoms with Gasteiger partial charge in [0.2, 0.25) is 10.9 Å². The van der Waals surface area contributed by atoms with Gasteiger partial charge in [0.15, 0.2) is 10.5 Å². The van der Waals surface area contributed by atoms with Crippen LogP contribution in [0.5, 0.6) is 5.88 Å². The van der Waals surface area contributed by atoms with Gasteiger partial charge in [-0.3, -0.25) is 4.90 Å². The summed E-state index contributed by atoms with van der Waals surface area (Å²) in [6.07, 6.45) is 2.91. The van der Waals surface area contributed by atoms with Crippen molar-refractivity contribution in [2.24, 2.45) is 0 Å². The quantitative estimate of drug-likeness (QED) is 0.317. The number of imidazole rings is 1. The molecule has 1 unspecified atom stereocenters. The van der Waals surface area contributed by atoms with Crippen molar-refractivity contribution >= 4 is 27.8 Å². The van der Waals surface area contributed by atoms with Gasteiger partial charge in [0.05, 0.1) is 30.8 Å². The molecule has 206 valence electrons. The standard InChI is InChI=1S/C28H27FN6O4S/c29-21-12-17(13-30)4-5-19(21)16-39-24-3-1-2-22(31-24)18-6-9-34(10-7-18)15-23-32-26-25(33-27(40-26)28(36)37)35(23)14-20-8-11-38-20/h1-5,12,18,20H,6-11,14-16H2,(H,36,37). The van der Waals surface area contributed by atoms with E-state index in [2.05, 4.69) is 9.88 Å². The van der Waals surface area contributed by atoms with Gasteiger partial charge in [0.25, 0.3) is 0 Å². The number of halogens is 1. The molecule has 6 rings (SSSR count). The second-order valence-corrected chi connectivity index (χ2v) is 11.0. The van der Waals surface area contributed by atoms with Crippen molar-refractivity contribution in [1.29, 1.82) is 5.26 Å². The molecule has 40 heavy (non-hydrogen) atoms. The average molecular weight is 563 g/mol. The molecule has 0 amide bonds. The van der Waals surface area contributed by atoms with Gasteiger partial charge >= 0.3 is 5.97 Å².